The number of hydrogen-bond donors (Lipinski definition) is 2. The van der Waals surface area contributed by atoms with Crippen molar-refractivity contribution < 1.29 is 48.3 Å². The monoisotopic (exact) mass is 842 g/mol. The minimum atomic E-state index is -1.42. The fraction of sp³-hybridized carbons (Fsp3) is 0.489. The van der Waals surface area contributed by atoms with E-state index in [-0.39, 0.29) is 57.3 Å². The zero-order chi connectivity index (χ0) is 41.9. The largest absolute Gasteiger partial charge is 0.493 e. The second kappa shape index (κ2) is 20.7. The number of benzene rings is 3. The molecule has 0 bridgehead atoms. The molecular formula is C47H58N2O10S. The van der Waals surface area contributed by atoms with E-state index in [1.165, 1.54) is 12.0 Å². The lowest BCUT2D eigenvalue weighted by Gasteiger charge is -2.59. The first kappa shape index (κ1) is 43.4. The van der Waals surface area contributed by atoms with E-state index < -0.39 is 23.8 Å². The molecule has 3 aromatic carbocycles. The van der Waals surface area contributed by atoms with Crippen LogP contribution in [0.4, 0.5) is 4.79 Å². The Kier molecular flexibility index (Phi) is 15.0. The molecule has 1 fully saturated rings. The summed E-state index contributed by atoms with van der Waals surface area (Å²) in [4.78, 5) is 22.9. The Bertz CT molecular complexity index is 1980. The number of fused-ring (bicyclic) bond motifs is 3. The highest BCUT2D eigenvalue weighted by Gasteiger charge is 2.65. The highest BCUT2D eigenvalue weighted by atomic mass is 32.2. The van der Waals surface area contributed by atoms with Gasteiger partial charge in [0.05, 0.1) is 32.0 Å². The summed E-state index contributed by atoms with van der Waals surface area (Å²) in [6.45, 7) is 7.44. The molecule has 60 heavy (non-hydrogen) atoms. The molecule has 1 amide bonds. The molecule has 0 radical (unpaired) electrons. The first-order valence-corrected chi connectivity index (χ1v) is 22.2. The summed E-state index contributed by atoms with van der Waals surface area (Å²) in [6.07, 6.45) is 8.43. The van der Waals surface area contributed by atoms with E-state index in [4.69, 9.17) is 38.4 Å². The number of aliphatic hydroxyl groups is 2. The smallest absolute Gasteiger partial charge is 0.410 e. The Hall–Kier alpha value is -4.69. The summed E-state index contributed by atoms with van der Waals surface area (Å²) in [7, 11) is 1.38. The third-order valence-electron chi connectivity index (χ3n) is 11.9. The second-order valence-corrected chi connectivity index (χ2v) is 16.7. The third-order valence-corrected chi connectivity index (χ3v) is 12.9. The molecule has 2 heterocycles. The number of amides is 1. The zero-order valence-corrected chi connectivity index (χ0v) is 35.5. The summed E-state index contributed by atoms with van der Waals surface area (Å²) < 4.78 is 37.7. The molecule has 13 heteroatoms. The Morgan fingerprint density at radius 2 is 1.78 bits per heavy atom. The summed E-state index contributed by atoms with van der Waals surface area (Å²) in [6, 6.07) is 21.2. The lowest BCUT2D eigenvalue weighted by Crippen LogP contribution is -2.70. The molecule has 0 spiro atoms. The average molecular weight is 843 g/mol. The van der Waals surface area contributed by atoms with E-state index in [0.717, 1.165) is 53.9 Å². The number of rotatable bonds is 21. The van der Waals surface area contributed by atoms with E-state index in [0.29, 0.717) is 49.0 Å². The number of carbonyl (C=O) groups is 1. The van der Waals surface area contributed by atoms with Crippen LogP contribution in [0.5, 0.6) is 23.0 Å². The number of hydrogen-bond acceptors (Lipinski definition) is 12. The van der Waals surface area contributed by atoms with E-state index in [1.807, 2.05) is 55.5 Å². The molecule has 322 valence electrons. The summed E-state index contributed by atoms with van der Waals surface area (Å²) in [5.41, 5.74) is 3.48. The molecule has 0 saturated heterocycles. The van der Waals surface area contributed by atoms with Gasteiger partial charge in [0.25, 0.3) is 0 Å². The van der Waals surface area contributed by atoms with Crippen LogP contribution in [0.3, 0.4) is 0 Å². The van der Waals surface area contributed by atoms with E-state index in [9.17, 15) is 15.0 Å². The average Bonchev–Trinajstić information content (AvgIpc) is 3.75. The lowest BCUT2D eigenvalue weighted by atomic mass is 9.55. The van der Waals surface area contributed by atoms with Gasteiger partial charge in [-0.3, -0.25) is 4.90 Å². The van der Waals surface area contributed by atoms with Crippen molar-refractivity contribution in [2.45, 2.75) is 81.1 Å². The van der Waals surface area contributed by atoms with Crippen molar-refractivity contribution >= 4 is 23.6 Å². The van der Waals surface area contributed by atoms with Crippen molar-refractivity contribution in [1.29, 1.82) is 0 Å². The van der Waals surface area contributed by atoms with Crippen LogP contribution in [-0.4, -0.2) is 91.4 Å². The van der Waals surface area contributed by atoms with Gasteiger partial charge in [-0.05, 0) is 98.0 Å². The molecule has 0 aromatic heterocycles. The van der Waals surface area contributed by atoms with Crippen LogP contribution in [0.2, 0.25) is 0 Å². The van der Waals surface area contributed by atoms with Gasteiger partial charge in [0.15, 0.2) is 11.5 Å². The molecular weight excluding hydrogens is 785 g/mol. The van der Waals surface area contributed by atoms with Crippen molar-refractivity contribution in [2.75, 3.05) is 52.7 Å². The maximum atomic E-state index is 14.2. The molecule has 2 N–H and O–H groups in total. The molecule has 1 saturated carbocycles. The number of allylic oxidation sites excluding steroid dienone is 1. The summed E-state index contributed by atoms with van der Waals surface area (Å²) in [5, 5.41) is 24.6. The number of aliphatic hydroxyl groups excluding tert-OH is 2. The van der Waals surface area contributed by atoms with Crippen LogP contribution in [-0.2, 0) is 20.9 Å². The van der Waals surface area contributed by atoms with Crippen LogP contribution in [0.1, 0.15) is 68.9 Å². The Balaban J connectivity index is 1.37. The van der Waals surface area contributed by atoms with Crippen molar-refractivity contribution in [3.05, 3.63) is 102 Å². The molecule has 4 aliphatic rings. The van der Waals surface area contributed by atoms with Crippen molar-refractivity contribution in [3.8, 4) is 23.0 Å². The number of methoxy groups -OCH3 is 1. The summed E-state index contributed by atoms with van der Waals surface area (Å²) >= 11 is 1.75. The third kappa shape index (κ3) is 9.44. The van der Waals surface area contributed by atoms with Gasteiger partial charge in [-0.1, -0.05) is 54.4 Å². The molecule has 2 aliphatic carbocycles. The van der Waals surface area contributed by atoms with Gasteiger partial charge in [-0.15, -0.1) is 18.3 Å². The van der Waals surface area contributed by atoms with Crippen LogP contribution in [0.25, 0.3) is 0 Å². The Labute approximate surface area is 357 Å². The zero-order valence-electron chi connectivity index (χ0n) is 34.7. The maximum absolute atomic E-state index is 14.2. The van der Waals surface area contributed by atoms with E-state index in [1.54, 1.807) is 22.7 Å². The fourth-order valence-electron chi connectivity index (χ4n) is 9.37. The molecule has 3 aromatic rings. The maximum Gasteiger partial charge on any atom is 0.410 e. The van der Waals surface area contributed by atoms with Crippen molar-refractivity contribution in [3.63, 3.8) is 0 Å². The van der Waals surface area contributed by atoms with Gasteiger partial charge in [0.2, 0.25) is 12.6 Å². The molecule has 7 rings (SSSR count). The molecule has 12 nitrogen and oxygen atoms in total. The Morgan fingerprint density at radius 3 is 2.55 bits per heavy atom. The van der Waals surface area contributed by atoms with Crippen LogP contribution in [0, 0.1) is 17.8 Å². The number of thioether (sulfide) groups is 1. The van der Waals surface area contributed by atoms with Crippen molar-refractivity contribution in [1.82, 2.24) is 4.90 Å². The number of nitrogens with zero attached hydrogens (tertiary/aromatic N) is 2. The normalized spacial score (nSPS) is 24.1. The highest BCUT2D eigenvalue weighted by Crippen LogP contribution is 2.62. The minimum absolute atomic E-state index is 0.0785. The molecule has 6 atom stereocenters. The minimum Gasteiger partial charge on any atom is -0.493 e. The number of ether oxygens (including phenoxy) is 6. The number of carbonyl (C=O) groups excluding carboxylic acids is 1. The van der Waals surface area contributed by atoms with E-state index in [2.05, 4.69) is 30.9 Å². The van der Waals surface area contributed by atoms with Gasteiger partial charge >= 0.3 is 6.09 Å². The molecule has 2 aliphatic heterocycles. The van der Waals surface area contributed by atoms with Crippen molar-refractivity contribution in [2.24, 2.45) is 22.9 Å². The van der Waals surface area contributed by atoms with Gasteiger partial charge in [0.1, 0.15) is 24.1 Å². The van der Waals surface area contributed by atoms with Crippen LogP contribution in [0.15, 0.2) is 101 Å². The van der Waals surface area contributed by atoms with Gasteiger partial charge in [-0.2, -0.15) is 0 Å². The highest BCUT2D eigenvalue weighted by molar-refractivity contribution is 7.99. The fourth-order valence-corrected chi connectivity index (χ4v) is 10.1. The first-order valence-electron chi connectivity index (χ1n) is 21.2. The number of oxime groups is 1. The first-order chi connectivity index (χ1) is 29.4. The van der Waals surface area contributed by atoms with Gasteiger partial charge in [0, 0.05) is 48.3 Å². The van der Waals surface area contributed by atoms with Gasteiger partial charge in [-0.25, -0.2) is 4.79 Å². The quantitative estimate of drug-likeness (QED) is 0.0462. The Morgan fingerprint density at radius 1 is 1.00 bits per heavy atom. The lowest BCUT2D eigenvalue weighted by molar-refractivity contribution is -0.256. The van der Waals surface area contributed by atoms with Crippen LogP contribution < -0.4 is 18.9 Å². The number of unbranched alkanes of at least 4 members (excludes halogenated alkanes) is 2. The second-order valence-electron chi connectivity index (χ2n) is 15.5. The van der Waals surface area contributed by atoms with Crippen LogP contribution >= 0.6 is 11.8 Å². The topological polar surface area (TPSA) is 138 Å². The van der Waals surface area contributed by atoms with Gasteiger partial charge < -0.3 is 43.5 Å². The van der Waals surface area contributed by atoms with E-state index >= 15 is 0 Å². The SMILES string of the molecule is C=CCO[C@@]12Oc3ccc(OCCSc4ccccc4)cc3[C@H]3[C@H](CCCCO)[C@@H](CCCCO)C=C(C(=NOCC)C[C@@H]1N(Cc1ccc4c(c1)OCO4)C(=O)OC)[C@H]32. The predicted molar refractivity (Wildman–Crippen MR) is 230 cm³/mol. The standard InChI is InChI=1S/C47H58N2O10S/c1-4-23-57-47-43(49(46(52)53-3)30-32-17-19-41-42(26-32)56-31-55-41)29-39(48-58-5-2)37-27-33(13-9-11-21-50)36(16-10-12-22-51)44(45(37)47)38-28-34(18-20-40(38)59-47)54-24-25-60-35-14-7-6-8-15-35/h4,6-8,14-15,17-20,26-28,33,36,43-45,50-51H,1,5,9-13,16,21-25,29-31H2,2-3H3/t33-,36+,43-,44+,45+,47+/m0/s1. The molecule has 0 unspecified atom stereocenters. The summed E-state index contributed by atoms with van der Waals surface area (Å²) in [5.74, 6) is 1.53. The predicted octanol–water partition coefficient (Wildman–Crippen LogP) is 8.51.